The lowest BCUT2D eigenvalue weighted by Crippen LogP contribution is -2.39. The van der Waals surface area contributed by atoms with E-state index < -0.39 is 0 Å². The maximum Gasteiger partial charge on any atom is 0.224 e. The van der Waals surface area contributed by atoms with Crippen molar-refractivity contribution in [3.63, 3.8) is 0 Å². The summed E-state index contributed by atoms with van der Waals surface area (Å²) in [6.07, 6.45) is 2.51. The molecule has 0 radical (unpaired) electrons. The minimum Gasteiger partial charge on any atom is -0.356 e. The molecule has 1 aromatic carbocycles. The van der Waals surface area contributed by atoms with Crippen LogP contribution in [0.2, 0.25) is 0 Å². The van der Waals surface area contributed by atoms with Crippen molar-refractivity contribution in [2.75, 3.05) is 23.3 Å². The lowest BCUT2D eigenvalue weighted by atomic mass is 9.92. The van der Waals surface area contributed by atoms with Crippen molar-refractivity contribution < 1.29 is 9.59 Å². The third kappa shape index (κ3) is 6.18. The summed E-state index contributed by atoms with van der Waals surface area (Å²) in [6, 6.07) is 8.11. The number of nitrogens with one attached hydrogen (secondary N) is 2. The van der Waals surface area contributed by atoms with Crippen molar-refractivity contribution in [1.29, 1.82) is 0 Å². The number of benzene rings is 1. The molecule has 0 saturated carbocycles. The molecule has 6 heteroatoms. The Balaban J connectivity index is 1.66. The Morgan fingerprint density at radius 3 is 2.48 bits per heavy atom. The highest BCUT2D eigenvalue weighted by atomic mass is 16.2. The summed E-state index contributed by atoms with van der Waals surface area (Å²) in [5.74, 6) is 2.14. The van der Waals surface area contributed by atoms with E-state index in [-0.39, 0.29) is 30.7 Å². The zero-order valence-corrected chi connectivity index (χ0v) is 19.5. The lowest BCUT2D eigenvalue weighted by Gasteiger charge is -2.36. The number of pyridine rings is 1. The van der Waals surface area contributed by atoms with E-state index in [0.29, 0.717) is 11.8 Å². The Morgan fingerprint density at radius 1 is 1.13 bits per heavy atom. The average molecular weight is 425 g/mol. The summed E-state index contributed by atoms with van der Waals surface area (Å²) >= 11 is 0. The molecule has 6 nitrogen and oxygen atoms in total. The van der Waals surface area contributed by atoms with Gasteiger partial charge in [-0.25, -0.2) is 4.98 Å². The first-order valence-electron chi connectivity index (χ1n) is 11.5. The van der Waals surface area contributed by atoms with Crippen molar-refractivity contribution in [3.05, 3.63) is 29.8 Å². The second-order valence-electron chi connectivity index (χ2n) is 9.31. The van der Waals surface area contributed by atoms with E-state index in [0.717, 1.165) is 47.5 Å². The van der Waals surface area contributed by atoms with Crippen molar-refractivity contribution in [2.24, 2.45) is 11.8 Å². The number of piperidine rings is 1. The van der Waals surface area contributed by atoms with Gasteiger partial charge in [0.25, 0.3) is 0 Å². The van der Waals surface area contributed by atoms with E-state index in [4.69, 9.17) is 4.98 Å². The number of fused-ring (bicyclic) bond motifs is 1. The number of carbonyl (C=O) groups is 2. The number of nitrogens with zero attached hydrogens (tertiary/aromatic N) is 2. The fourth-order valence-electron chi connectivity index (χ4n) is 4.37. The predicted molar refractivity (Wildman–Crippen MR) is 127 cm³/mol. The van der Waals surface area contributed by atoms with E-state index in [1.54, 1.807) is 0 Å². The minimum absolute atomic E-state index is 0.0862. The number of anilines is 2. The molecule has 0 unspecified atom stereocenters. The van der Waals surface area contributed by atoms with Crippen LogP contribution in [0.1, 0.15) is 58.9 Å². The van der Waals surface area contributed by atoms with Gasteiger partial charge < -0.3 is 15.5 Å². The third-order valence-electron chi connectivity index (χ3n) is 6.08. The maximum atomic E-state index is 12.3. The Bertz CT molecular complexity index is 933. The van der Waals surface area contributed by atoms with Crippen molar-refractivity contribution in [2.45, 2.75) is 66.3 Å². The summed E-state index contributed by atoms with van der Waals surface area (Å²) in [5, 5.41) is 6.84. The van der Waals surface area contributed by atoms with Gasteiger partial charge in [0.1, 0.15) is 5.82 Å². The highest BCUT2D eigenvalue weighted by molar-refractivity contribution is 5.96. The van der Waals surface area contributed by atoms with Gasteiger partial charge in [-0.2, -0.15) is 0 Å². The lowest BCUT2D eigenvalue weighted by molar-refractivity contribution is -0.124. The van der Waals surface area contributed by atoms with Gasteiger partial charge in [-0.15, -0.1) is 0 Å². The van der Waals surface area contributed by atoms with Crippen LogP contribution in [0.25, 0.3) is 10.9 Å². The van der Waals surface area contributed by atoms with Crippen LogP contribution in [0.4, 0.5) is 11.5 Å². The van der Waals surface area contributed by atoms with Crippen LogP contribution < -0.4 is 15.5 Å². The molecule has 1 aromatic heterocycles. The second-order valence-corrected chi connectivity index (χ2v) is 9.31. The third-order valence-corrected chi connectivity index (χ3v) is 6.08. The zero-order valence-electron chi connectivity index (χ0n) is 19.5. The normalized spacial score (nSPS) is 19.8. The van der Waals surface area contributed by atoms with Crippen molar-refractivity contribution >= 4 is 34.2 Å². The molecule has 2 aromatic rings. The van der Waals surface area contributed by atoms with Crippen LogP contribution in [-0.4, -0.2) is 35.9 Å². The molecule has 2 heterocycles. The van der Waals surface area contributed by atoms with Gasteiger partial charge in [-0.1, -0.05) is 20.8 Å². The molecule has 1 fully saturated rings. The Morgan fingerprint density at radius 2 is 1.81 bits per heavy atom. The monoisotopic (exact) mass is 424 g/mol. The van der Waals surface area contributed by atoms with E-state index in [1.807, 2.05) is 32.0 Å². The standard InChI is InChI=1S/C25H36N4O2/c1-6-19(5)26-24(30)9-10-25(31)27-20-7-8-22-21(13-20)18(4)12-23(28-22)29-14-16(2)11-17(3)15-29/h7-8,12-13,16-17,19H,6,9-11,14-15H2,1-5H3,(H,26,30)(H,27,31)/t16-,17-,19-/m0/s1. The Kier molecular flexibility index (Phi) is 7.52. The minimum atomic E-state index is -0.155. The van der Waals surface area contributed by atoms with Crippen molar-refractivity contribution in [1.82, 2.24) is 10.3 Å². The number of carbonyl (C=O) groups excluding carboxylic acids is 2. The number of hydrogen-bond donors (Lipinski definition) is 2. The maximum absolute atomic E-state index is 12.3. The number of rotatable bonds is 7. The molecular weight excluding hydrogens is 388 g/mol. The molecule has 31 heavy (non-hydrogen) atoms. The number of amides is 2. The molecule has 1 saturated heterocycles. The molecule has 168 valence electrons. The number of aromatic nitrogens is 1. The fraction of sp³-hybridized carbons (Fsp3) is 0.560. The summed E-state index contributed by atoms with van der Waals surface area (Å²) in [7, 11) is 0. The van der Waals surface area contributed by atoms with Crippen LogP contribution in [0.5, 0.6) is 0 Å². The molecule has 1 aliphatic rings. The summed E-state index contributed by atoms with van der Waals surface area (Å²) < 4.78 is 0. The van der Waals surface area contributed by atoms with E-state index >= 15 is 0 Å². The number of hydrogen-bond acceptors (Lipinski definition) is 4. The first-order valence-corrected chi connectivity index (χ1v) is 11.5. The van der Waals surface area contributed by atoms with Gasteiger partial charge in [0.05, 0.1) is 5.52 Å². The highest BCUT2D eigenvalue weighted by Gasteiger charge is 2.23. The highest BCUT2D eigenvalue weighted by Crippen LogP contribution is 2.29. The second kappa shape index (κ2) is 10.1. The summed E-state index contributed by atoms with van der Waals surface area (Å²) in [6.45, 7) is 12.8. The smallest absolute Gasteiger partial charge is 0.224 e. The van der Waals surface area contributed by atoms with Crippen LogP contribution in [0, 0.1) is 18.8 Å². The van der Waals surface area contributed by atoms with E-state index in [2.05, 4.69) is 42.4 Å². The van der Waals surface area contributed by atoms with Crippen molar-refractivity contribution in [3.8, 4) is 0 Å². The topological polar surface area (TPSA) is 74.3 Å². The zero-order chi connectivity index (χ0) is 22.5. The quantitative estimate of drug-likeness (QED) is 0.678. The van der Waals surface area contributed by atoms with Crippen LogP contribution in [0.3, 0.4) is 0 Å². The molecule has 3 rings (SSSR count). The number of aryl methyl sites for hydroxylation is 1. The Hall–Kier alpha value is -2.63. The first-order chi connectivity index (χ1) is 14.7. The van der Waals surface area contributed by atoms with Crippen LogP contribution >= 0.6 is 0 Å². The fourth-order valence-corrected chi connectivity index (χ4v) is 4.37. The predicted octanol–water partition coefficient (Wildman–Crippen LogP) is 4.66. The van der Waals surface area contributed by atoms with Crippen LogP contribution in [-0.2, 0) is 9.59 Å². The van der Waals surface area contributed by atoms with Gasteiger partial charge in [-0.05, 0) is 68.4 Å². The SMILES string of the molecule is CC[C@H](C)NC(=O)CCC(=O)Nc1ccc2nc(N3C[C@@H](C)C[C@H](C)C3)cc(C)c2c1. The van der Waals surface area contributed by atoms with Crippen LogP contribution in [0.15, 0.2) is 24.3 Å². The largest absolute Gasteiger partial charge is 0.356 e. The first kappa shape index (κ1) is 23.0. The van der Waals surface area contributed by atoms with E-state index in [1.165, 1.54) is 6.42 Å². The average Bonchev–Trinajstić information content (AvgIpc) is 2.71. The molecule has 1 aliphatic heterocycles. The van der Waals surface area contributed by atoms with Gasteiger partial charge in [0.2, 0.25) is 11.8 Å². The van der Waals surface area contributed by atoms with E-state index in [9.17, 15) is 9.59 Å². The molecule has 0 bridgehead atoms. The molecule has 2 amide bonds. The summed E-state index contributed by atoms with van der Waals surface area (Å²) in [5.41, 5.74) is 2.82. The summed E-state index contributed by atoms with van der Waals surface area (Å²) in [4.78, 5) is 31.5. The van der Waals surface area contributed by atoms with Gasteiger partial charge >= 0.3 is 0 Å². The van der Waals surface area contributed by atoms with Gasteiger partial charge in [0, 0.05) is 43.0 Å². The molecular formula is C25H36N4O2. The molecule has 0 spiro atoms. The van der Waals surface area contributed by atoms with Gasteiger partial charge in [-0.3, -0.25) is 9.59 Å². The molecule has 0 aliphatic carbocycles. The van der Waals surface area contributed by atoms with Gasteiger partial charge in [0.15, 0.2) is 0 Å². The molecule has 2 N–H and O–H groups in total. The molecule has 3 atom stereocenters. The Labute approximate surface area is 185 Å².